The molecule has 1 aromatic rings. The highest BCUT2D eigenvalue weighted by atomic mass is 32.2. The molecular weight excluding hydrogens is 482 g/mol. The van der Waals surface area contributed by atoms with Gasteiger partial charge in [0.25, 0.3) is 10.1 Å². The second-order valence-corrected chi connectivity index (χ2v) is 12.8. The van der Waals surface area contributed by atoms with Crippen molar-refractivity contribution in [1.82, 2.24) is 0 Å². The summed E-state index contributed by atoms with van der Waals surface area (Å²) in [6.07, 6.45) is 20.2. The Labute approximate surface area is 230 Å². The smallest absolute Gasteiger partial charge is 0.296 e. The first kappa shape index (κ1) is 36.0. The highest BCUT2D eigenvalue weighted by Gasteiger charge is 2.17. The number of aliphatic hydroxyl groups excluding tert-OH is 1. The average molecular weight is 543 g/mol. The Kier molecular flexibility index (Phi) is 22.4. The van der Waals surface area contributed by atoms with Crippen molar-refractivity contribution >= 4 is 10.1 Å². The summed E-state index contributed by atoms with van der Waals surface area (Å²) < 4.78 is 29.8. The van der Waals surface area contributed by atoms with Crippen LogP contribution in [0.2, 0.25) is 0 Å². The lowest BCUT2D eigenvalue weighted by Gasteiger charge is -2.31. The fourth-order valence-corrected chi connectivity index (χ4v) is 5.50. The van der Waals surface area contributed by atoms with E-state index >= 15 is 0 Å². The summed E-state index contributed by atoms with van der Waals surface area (Å²) in [7, 11) is 0.844. The molecule has 0 amide bonds. The van der Waals surface area contributed by atoms with Crippen molar-refractivity contribution in [1.29, 1.82) is 0 Å². The van der Waals surface area contributed by atoms with Gasteiger partial charge in [-0.05, 0) is 38.3 Å². The molecule has 6 heteroatoms. The summed E-state index contributed by atoms with van der Waals surface area (Å²) in [5.41, 5.74) is 0. The topological polar surface area (TPSA) is 63.6 Å². The third kappa shape index (κ3) is 22.7. The third-order valence-electron chi connectivity index (χ3n) is 6.64. The van der Waals surface area contributed by atoms with Gasteiger partial charge in [0.05, 0.1) is 32.1 Å². The summed E-state index contributed by atoms with van der Waals surface area (Å²) in [4.78, 5) is 0.238. The molecule has 1 unspecified atom stereocenters. The van der Waals surface area contributed by atoms with E-state index in [0.717, 1.165) is 23.9 Å². The number of rotatable bonds is 22. The van der Waals surface area contributed by atoms with Crippen LogP contribution in [0.3, 0.4) is 0 Å². The van der Waals surface area contributed by atoms with Crippen molar-refractivity contribution in [3.8, 4) is 0 Å². The van der Waals surface area contributed by atoms with Crippen LogP contribution >= 0.6 is 0 Å². The summed E-state index contributed by atoms with van der Waals surface area (Å²) in [5, 5.41) is 9.35. The monoisotopic (exact) mass is 542 g/mol. The number of benzene rings is 1. The molecule has 0 radical (unpaired) electrons. The van der Waals surface area contributed by atoms with Gasteiger partial charge in [-0.2, -0.15) is 8.42 Å². The average Bonchev–Trinajstić information content (AvgIpc) is 2.85. The van der Waals surface area contributed by atoms with Crippen LogP contribution in [-0.2, 0) is 14.3 Å². The lowest BCUT2D eigenvalue weighted by atomic mass is 10.1. The summed E-state index contributed by atoms with van der Waals surface area (Å²) in [6, 6.07) is 8.33. The van der Waals surface area contributed by atoms with Gasteiger partial charge in [0, 0.05) is 0 Å². The van der Waals surface area contributed by atoms with Crippen LogP contribution in [-0.4, -0.2) is 57.9 Å². The van der Waals surface area contributed by atoms with Gasteiger partial charge >= 0.3 is 0 Å². The van der Waals surface area contributed by atoms with E-state index in [2.05, 4.69) is 27.9 Å². The van der Waals surface area contributed by atoms with Crippen LogP contribution in [0.5, 0.6) is 0 Å². The van der Waals surface area contributed by atoms with Gasteiger partial charge in [0.1, 0.15) is 12.6 Å². The van der Waals surface area contributed by atoms with E-state index in [4.69, 9.17) is 4.18 Å². The number of likely N-dealkylation sites (N-methyl/N-ethyl adjacent to an activating group) is 1. The van der Waals surface area contributed by atoms with E-state index in [1.165, 1.54) is 96.4 Å². The minimum absolute atomic E-state index is 0.180. The minimum atomic E-state index is -3.57. The predicted octanol–water partition coefficient (Wildman–Crippen LogP) is 8.12. The first-order valence-electron chi connectivity index (χ1n) is 15.1. The van der Waals surface area contributed by atoms with E-state index < -0.39 is 10.1 Å². The largest absolute Gasteiger partial charge is 0.388 e. The van der Waals surface area contributed by atoms with Gasteiger partial charge in [-0.15, -0.1) is 0 Å². The molecule has 1 N–H and O–H groups in total. The molecule has 0 heterocycles. The van der Waals surface area contributed by atoms with E-state index in [9.17, 15) is 13.5 Å². The van der Waals surface area contributed by atoms with Crippen molar-refractivity contribution in [2.45, 2.75) is 135 Å². The predicted molar refractivity (Wildman–Crippen MR) is 158 cm³/mol. The Balaban J connectivity index is 0.000000757. The normalized spacial score (nSPS) is 12.7. The molecule has 1 rings (SSSR count). The Morgan fingerprint density at radius 2 is 1.16 bits per heavy atom. The molecule has 37 heavy (non-hydrogen) atoms. The zero-order valence-corrected chi connectivity index (χ0v) is 25.7. The zero-order chi connectivity index (χ0) is 27.8. The molecule has 0 aliphatic rings. The van der Waals surface area contributed by atoms with Crippen LogP contribution in [0.4, 0.5) is 0 Å². The maximum atomic E-state index is 11.9. The molecule has 0 aliphatic heterocycles. The number of aliphatic hydroxyl groups is 1. The van der Waals surface area contributed by atoms with Crippen LogP contribution in [0.25, 0.3) is 0 Å². The van der Waals surface area contributed by atoms with E-state index in [-0.39, 0.29) is 17.6 Å². The number of quaternary nitrogens is 1. The molecule has 0 fully saturated rings. The second kappa shape index (κ2) is 23.0. The fraction of sp³-hybridized carbons (Fsp3) is 0.806. The molecule has 0 aromatic heterocycles. The first-order chi connectivity index (χ1) is 17.6. The van der Waals surface area contributed by atoms with Crippen LogP contribution in [0.15, 0.2) is 35.2 Å². The van der Waals surface area contributed by atoms with Crippen molar-refractivity contribution in [3.05, 3.63) is 30.3 Å². The summed E-state index contributed by atoms with van der Waals surface area (Å²) in [5.74, 6) is 0. The summed E-state index contributed by atoms with van der Waals surface area (Å²) >= 11 is 0. The van der Waals surface area contributed by atoms with Gasteiger partial charge in [0.2, 0.25) is 0 Å². The summed E-state index contributed by atoms with van der Waals surface area (Å²) in [6.45, 7) is 8.71. The number of hydrogen-bond acceptors (Lipinski definition) is 4. The van der Waals surface area contributed by atoms with E-state index in [1.54, 1.807) is 30.3 Å². The first-order valence-corrected chi connectivity index (χ1v) is 16.5. The van der Waals surface area contributed by atoms with Gasteiger partial charge in [-0.3, -0.25) is 4.18 Å². The molecule has 0 spiro atoms. The number of hydrogen-bond donors (Lipinski definition) is 1. The minimum Gasteiger partial charge on any atom is -0.388 e. The van der Waals surface area contributed by atoms with Crippen molar-refractivity contribution in [2.24, 2.45) is 0 Å². The Hall–Kier alpha value is -0.950. The highest BCUT2D eigenvalue weighted by molar-refractivity contribution is 7.86. The molecule has 1 aromatic carbocycles. The molecule has 0 saturated carbocycles. The SMILES string of the molecule is CCCCCCCCCCCCOS(=O)(=O)c1ccccc1.CCCCCCCC[N+](C)(C)CC(C)O. The van der Waals surface area contributed by atoms with Crippen LogP contribution in [0.1, 0.15) is 124 Å². The Morgan fingerprint density at radius 1 is 0.730 bits per heavy atom. The van der Waals surface area contributed by atoms with Crippen molar-refractivity contribution in [3.63, 3.8) is 0 Å². The number of nitrogens with zero attached hydrogens (tertiary/aromatic N) is 1. The molecule has 0 bridgehead atoms. The Morgan fingerprint density at radius 3 is 1.62 bits per heavy atom. The standard InChI is InChI=1S/C18H30O3S.C13H30NO/c1-2-3-4-5-6-7-8-9-10-14-17-21-22(19,20)18-15-12-11-13-16-18;1-5-6-7-8-9-10-11-14(3,4)12-13(2)15/h11-13,15-16H,2-10,14,17H2,1H3;13,15H,5-12H2,1-4H3/q;+1. The molecule has 0 aliphatic carbocycles. The van der Waals surface area contributed by atoms with Crippen molar-refractivity contribution in [2.75, 3.05) is 33.8 Å². The third-order valence-corrected chi connectivity index (χ3v) is 7.97. The number of unbranched alkanes of at least 4 members (excludes halogenated alkanes) is 14. The van der Waals surface area contributed by atoms with Gasteiger partial charge in [-0.25, -0.2) is 0 Å². The zero-order valence-electron chi connectivity index (χ0n) is 24.9. The molecule has 0 saturated heterocycles. The van der Waals surface area contributed by atoms with Gasteiger partial charge in [-0.1, -0.05) is 116 Å². The molecule has 1 atom stereocenters. The van der Waals surface area contributed by atoms with E-state index in [0.29, 0.717) is 0 Å². The lowest BCUT2D eigenvalue weighted by molar-refractivity contribution is -0.893. The molecule has 5 nitrogen and oxygen atoms in total. The second-order valence-electron chi connectivity index (χ2n) is 11.2. The van der Waals surface area contributed by atoms with E-state index in [1.807, 2.05) is 6.92 Å². The van der Waals surface area contributed by atoms with Gasteiger partial charge in [0.15, 0.2) is 0 Å². The quantitative estimate of drug-likeness (QED) is 0.0913. The Bertz CT molecular complexity index is 720. The lowest BCUT2D eigenvalue weighted by Crippen LogP contribution is -2.45. The highest BCUT2D eigenvalue weighted by Crippen LogP contribution is 2.14. The fourth-order valence-electron chi connectivity index (χ4n) is 4.54. The maximum Gasteiger partial charge on any atom is 0.296 e. The van der Waals surface area contributed by atoms with Crippen molar-refractivity contribution < 1.29 is 22.2 Å². The molecule has 218 valence electrons. The van der Waals surface area contributed by atoms with Crippen LogP contribution < -0.4 is 0 Å². The maximum absolute atomic E-state index is 11.9. The van der Waals surface area contributed by atoms with Gasteiger partial charge < -0.3 is 9.59 Å². The van der Waals surface area contributed by atoms with Crippen LogP contribution in [0, 0.1) is 0 Å². The molecular formula is C31H60NO4S+.